The number of benzene rings is 1. The van der Waals surface area contributed by atoms with Gasteiger partial charge in [0, 0.05) is 32.6 Å². The summed E-state index contributed by atoms with van der Waals surface area (Å²) in [5.41, 5.74) is 1.64. The molecule has 2 aromatic rings. The van der Waals surface area contributed by atoms with Crippen molar-refractivity contribution in [2.45, 2.75) is 6.54 Å². The van der Waals surface area contributed by atoms with Gasteiger partial charge in [0.15, 0.2) is 0 Å². The van der Waals surface area contributed by atoms with Crippen LogP contribution in [0.2, 0.25) is 0 Å². The van der Waals surface area contributed by atoms with Crippen LogP contribution < -0.4 is 10.6 Å². The summed E-state index contributed by atoms with van der Waals surface area (Å²) in [6, 6.07) is 9.57. The Morgan fingerprint density at radius 2 is 2.16 bits per heavy atom. The zero-order valence-electron chi connectivity index (χ0n) is 10.3. The number of ether oxygens (including phenoxy) is 1. The molecule has 0 aliphatic heterocycles. The van der Waals surface area contributed by atoms with Crippen molar-refractivity contribution in [3.63, 3.8) is 0 Å². The minimum absolute atomic E-state index is 0.473. The Hall–Kier alpha value is -1.53. The van der Waals surface area contributed by atoms with Gasteiger partial charge in [0.2, 0.25) is 0 Å². The summed E-state index contributed by atoms with van der Waals surface area (Å²) >= 11 is 5.11. The van der Waals surface area contributed by atoms with Crippen molar-refractivity contribution in [1.29, 1.82) is 0 Å². The maximum atomic E-state index is 11.1. The normalized spacial score (nSPS) is 10.0. The number of methoxy groups -OCH3 is 1. The van der Waals surface area contributed by atoms with Crippen LogP contribution in [-0.4, -0.2) is 13.2 Å². The fourth-order valence-corrected chi connectivity index (χ4v) is 2.90. The molecule has 4 nitrogen and oxygen atoms in total. The van der Waals surface area contributed by atoms with Crippen molar-refractivity contribution in [2.24, 2.45) is 0 Å². The van der Waals surface area contributed by atoms with Gasteiger partial charge in [-0.1, -0.05) is 6.07 Å². The predicted octanol–water partition coefficient (Wildman–Crippen LogP) is 4.30. The van der Waals surface area contributed by atoms with E-state index in [9.17, 15) is 4.79 Å². The second-order valence-electron chi connectivity index (χ2n) is 3.78. The van der Waals surface area contributed by atoms with Crippen LogP contribution in [0.15, 0.2) is 40.2 Å². The maximum absolute atomic E-state index is 11.1. The zero-order valence-corrected chi connectivity index (χ0v) is 12.7. The van der Waals surface area contributed by atoms with Crippen LogP contribution in [0, 0.1) is 0 Å². The van der Waals surface area contributed by atoms with Gasteiger partial charge in [-0.2, -0.15) is 0 Å². The molecule has 1 amide bonds. The van der Waals surface area contributed by atoms with Gasteiger partial charge in [0.25, 0.3) is 0 Å². The summed E-state index contributed by atoms with van der Waals surface area (Å²) < 4.78 is 5.65. The molecule has 0 saturated carbocycles. The van der Waals surface area contributed by atoms with Gasteiger partial charge in [-0.05, 0) is 40.2 Å². The Kier molecular flexibility index (Phi) is 4.81. The molecule has 0 saturated heterocycles. The van der Waals surface area contributed by atoms with Crippen molar-refractivity contribution in [1.82, 2.24) is 0 Å². The Bertz CT molecular complexity index is 571. The average Bonchev–Trinajstić information content (AvgIpc) is 2.82. The van der Waals surface area contributed by atoms with Crippen molar-refractivity contribution >= 4 is 44.7 Å². The van der Waals surface area contributed by atoms with E-state index in [0.717, 1.165) is 16.7 Å². The lowest BCUT2D eigenvalue weighted by atomic mass is 10.2. The molecule has 0 aliphatic carbocycles. The van der Waals surface area contributed by atoms with Crippen LogP contribution in [-0.2, 0) is 11.3 Å². The molecule has 0 fully saturated rings. The van der Waals surface area contributed by atoms with Crippen LogP contribution in [0.1, 0.15) is 4.88 Å². The van der Waals surface area contributed by atoms with E-state index in [4.69, 9.17) is 0 Å². The van der Waals surface area contributed by atoms with Crippen molar-refractivity contribution in [3.05, 3.63) is 45.1 Å². The highest BCUT2D eigenvalue weighted by molar-refractivity contribution is 9.10. The van der Waals surface area contributed by atoms with Gasteiger partial charge in [0.05, 0.1) is 7.11 Å². The van der Waals surface area contributed by atoms with Gasteiger partial charge in [0.1, 0.15) is 0 Å². The third-order valence-corrected chi connectivity index (χ3v) is 4.08. The fourth-order valence-electron chi connectivity index (χ4n) is 1.51. The molecule has 0 radical (unpaired) electrons. The van der Waals surface area contributed by atoms with Gasteiger partial charge in [-0.3, -0.25) is 5.32 Å². The molecule has 100 valence electrons. The lowest BCUT2D eigenvalue weighted by molar-refractivity contribution is 0.187. The second-order valence-corrected chi connectivity index (χ2v) is 5.69. The number of carbonyl (C=O) groups excluding carboxylic acids is 1. The van der Waals surface area contributed by atoms with Crippen LogP contribution in [0.4, 0.5) is 16.2 Å². The van der Waals surface area contributed by atoms with Crippen LogP contribution in [0.5, 0.6) is 0 Å². The first-order chi connectivity index (χ1) is 9.17. The first-order valence-corrected chi connectivity index (χ1v) is 7.26. The fraction of sp³-hybridized carbons (Fsp3) is 0.154. The summed E-state index contributed by atoms with van der Waals surface area (Å²) in [5, 5.41) is 7.98. The molecule has 0 atom stereocenters. The van der Waals surface area contributed by atoms with Gasteiger partial charge in [-0.25, -0.2) is 4.79 Å². The SMILES string of the molecule is COC(=O)Nc1cccc(NCc2cc(Br)cs2)c1. The standard InChI is InChI=1S/C13H13BrN2O2S/c1-18-13(17)16-11-4-2-3-10(6-11)15-7-12-5-9(14)8-19-12/h2-6,8,15H,7H2,1H3,(H,16,17). The van der Waals surface area contributed by atoms with Gasteiger partial charge in [-0.15, -0.1) is 11.3 Å². The lowest BCUT2D eigenvalue weighted by Gasteiger charge is -2.08. The van der Waals surface area contributed by atoms with E-state index in [1.165, 1.54) is 12.0 Å². The Labute approximate surface area is 123 Å². The molecule has 2 N–H and O–H groups in total. The minimum Gasteiger partial charge on any atom is -0.453 e. The number of thiophene rings is 1. The average molecular weight is 341 g/mol. The molecule has 0 spiro atoms. The predicted molar refractivity (Wildman–Crippen MR) is 81.8 cm³/mol. The highest BCUT2D eigenvalue weighted by Gasteiger charge is 2.02. The topological polar surface area (TPSA) is 50.4 Å². The number of halogens is 1. The third kappa shape index (κ3) is 4.25. The van der Waals surface area contributed by atoms with Crippen molar-refractivity contribution in [3.8, 4) is 0 Å². The number of anilines is 2. The molecule has 6 heteroatoms. The summed E-state index contributed by atoms with van der Waals surface area (Å²) in [7, 11) is 1.34. The number of hydrogen-bond donors (Lipinski definition) is 2. The largest absolute Gasteiger partial charge is 0.453 e. The maximum Gasteiger partial charge on any atom is 0.411 e. The first kappa shape index (κ1) is 13.9. The lowest BCUT2D eigenvalue weighted by Crippen LogP contribution is -2.11. The second kappa shape index (κ2) is 6.58. The Morgan fingerprint density at radius 3 is 2.84 bits per heavy atom. The quantitative estimate of drug-likeness (QED) is 0.872. The molecule has 19 heavy (non-hydrogen) atoms. The highest BCUT2D eigenvalue weighted by Crippen LogP contribution is 2.21. The smallest absolute Gasteiger partial charge is 0.411 e. The summed E-state index contributed by atoms with van der Waals surface area (Å²) in [4.78, 5) is 12.4. The van der Waals surface area contributed by atoms with Crippen LogP contribution in [0.3, 0.4) is 0 Å². The molecule has 2 rings (SSSR count). The number of carbonyl (C=O) groups is 1. The zero-order chi connectivity index (χ0) is 13.7. The Morgan fingerprint density at radius 1 is 1.37 bits per heavy atom. The highest BCUT2D eigenvalue weighted by atomic mass is 79.9. The van der Waals surface area contributed by atoms with Crippen molar-refractivity contribution < 1.29 is 9.53 Å². The summed E-state index contributed by atoms with van der Waals surface area (Å²) in [6.07, 6.45) is -0.473. The van der Waals surface area contributed by atoms with E-state index in [-0.39, 0.29) is 0 Å². The van der Waals surface area contributed by atoms with E-state index in [0.29, 0.717) is 5.69 Å². The summed E-state index contributed by atoms with van der Waals surface area (Å²) in [5.74, 6) is 0. The van der Waals surface area contributed by atoms with Crippen molar-refractivity contribution in [2.75, 3.05) is 17.7 Å². The Balaban J connectivity index is 1.97. The molecule has 0 aliphatic rings. The monoisotopic (exact) mass is 340 g/mol. The third-order valence-electron chi connectivity index (χ3n) is 2.38. The van der Waals surface area contributed by atoms with E-state index < -0.39 is 6.09 Å². The van der Waals surface area contributed by atoms with E-state index in [2.05, 4.69) is 37.4 Å². The number of amides is 1. The van der Waals surface area contributed by atoms with E-state index >= 15 is 0 Å². The molecular weight excluding hydrogens is 328 g/mol. The molecule has 1 aromatic carbocycles. The number of nitrogens with one attached hydrogen (secondary N) is 2. The molecular formula is C13H13BrN2O2S. The van der Waals surface area contributed by atoms with Gasteiger partial charge >= 0.3 is 6.09 Å². The van der Waals surface area contributed by atoms with Crippen LogP contribution in [0.25, 0.3) is 0 Å². The van der Waals surface area contributed by atoms with Gasteiger partial charge < -0.3 is 10.1 Å². The number of rotatable bonds is 4. The minimum atomic E-state index is -0.473. The molecule has 1 aromatic heterocycles. The van der Waals surface area contributed by atoms with Crippen LogP contribution >= 0.6 is 27.3 Å². The molecule has 0 bridgehead atoms. The van der Waals surface area contributed by atoms with E-state index in [1.807, 2.05) is 29.6 Å². The summed E-state index contributed by atoms with van der Waals surface area (Å²) in [6.45, 7) is 0.748. The number of hydrogen-bond acceptors (Lipinski definition) is 4. The first-order valence-electron chi connectivity index (χ1n) is 5.59. The molecule has 0 unspecified atom stereocenters. The molecule has 1 heterocycles. The van der Waals surface area contributed by atoms with E-state index in [1.54, 1.807) is 11.3 Å².